The molecule has 1 aromatic carbocycles. The predicted octanol–water partition coefficient (Wildman–Crippen LogP) is 3.36. The van der Waals surface area contributed by atoms with E-state index in [4.69, 9.17) is 5.73 Å². The van der Waals surface area contributed by atoms with Gasteiger partial charge in [-0.05, 0) is 19.3 Å². The molecule has 0 unspecified atom stereocenters. The summed E-state index contributed by atoms with van der Waals surface area (Å²) in [7, 11) is 0. The molecule has 3 rings (SSSR count). The molecule has 124 valence electrons. The van der Waals surface area contributed by atoms with Crippen LogP contribution >= 0.6 is 0 Å². The highest BCUT2D eigenvalue weighted by molar-refractivity contribution is 5.95. The van der Waals surface area contributed by atoms with Gasteiger partial charge in [0.15, 0.2) is 17.0 Å². The SMILES string of the molecule is CCc1cc(=O)c2c(N)c(F)c(F)c(OC(F)F)c2n1C1CC1. The Morgan fingerprint density at radius 2 is 2.00 bits per heavy atom. The Morgan fingerprint density at radius 3 is 2.52 bits per heavy atom. The number of anilines is 1. The molecule has 0 bridgehead atoms. The number of fused-ring (bicyclic) bond motifs is 1. The monoisotopic (exact) mass is 330 g/mol. The van der Waals surface area contributed by atoms with Crippen molar-refractivity contribution in [2.24, 2.45) is 0 Å². The van der Waals surface area contributed by atoms with Crippen molar-refractivity contribution in [1.29, 1.82) is 0 Å². The van der Waals surface area contributed by atoms with Crippen LogP contribution in [0, 0.1) is 11.6 Å². The smallest absolute Gasteiger partial charge is 0.387 e. The van der Waals surface area contributed by atoms with Crippen molar-refractivity contribution in [1.82, 2.24) is 4.57 Å². The molecule has 1 fully saturated rings. The average Bonchev–Trinajstić information content (AvgIpc) is 3.32. The molecule has 0 aliphatic heterocycles. The quantitative estimate of drug-likeness (QED) is 0.691. The summed E-state index contributed by atoms with van der Waals surface area (Å²) >= 11 is 0. The largest absolute Gasteiger partial charge is 0.429 e. The third kappa shape index (κ3) is 2.42. The van der Waals surface area contributed by atoms with Crippen LogP contribution in [0.3, 0.4) is 0 Å². The summed E-state index contributed by atoms with van der Waals surface area (Å²) in [5.41, 5.74) is 4.52. The first-order valence-corrected chi connectivity index (χ1v) is 7.16. The Balaban J connectivity index is 2.52. The van der Waals surface area contributed by atoms with E-state index in [9.17, 15) is 22.4 Å². The first-order valence-electron chi connectivity index (χ1n) is 7.16. The molecule has 1 aliphatic carbocycles. The van der Waals surface area contributed by atoms with Gasteiger partial charge in [-0.1, -0.05) is 6.92 Å². The second kappa shape index (κ2) is 5.43. The van der Waals surface area contributed by atoms with Gasteiger partial charge in [-0.25, -0.2) is 4.39 Å². The average molecular weight is 330 g/mol. The molecule has 0 spiro atoms. The Bertz CT molecular complexity index is 844. The van der Waals surface area contributed by atoms with Crippen LogP contribution in [0.5, 0.6) is 5.75 Å². The number of hydrogen-bond acceptors (Lipinski definition) is 3. The van der Waals surface area contributed by atoms with Gasteiger partial charge < -0.3 is 15.0 Å². The fourth-order valence-corrected chi connectivity index (χ4v) is 2.81. The van der Waals surface area contributed by atoms with Crippen molar-refractivity contribution in [2.75, 3.05) is 5.73 Å². The molecule has 0 atom stereocenters. The summed E-state index contributed by atoms with van der Waals surface area (Å²) in [6.45, 7) is -1.58. The van der Waals surface area contributed by atoms with Crippen molar-refractivity contribution in [3.8, 4) is 5.75 Å². The molecular weight excluding hydrogens is 316 g/mol. The van der Waals surface area contributed by atoms with Gasteiger partial charge in [-0.15, -0.1) is 0 Å². The van der Waals surface area contributed by atoms with Crippen molar-refractivity contribution in [3.05, 3.63) is 33.6 Å². The number of halogens is 4. The molecule has 2 N–H and O–H groups in total. The van der Waals surface area contributed by atoms with Crippen molar-refractivity contribution in [3.63, 3.8) is 0 Å². The van der Waals surface area contributed by atoms with Crippen LogP contribution in [0.4, 0.5) is 23.2 Å². The second-order valence-corrected chi connectivity index (χ2v) is 5.43. The number of rotatable bonds is 4. The Morgan fingerprint density at radius 1 is 1.35 bits per heavy atom. The number of benzene rings is 1. The van der Waals surface area contributed by atoms with Crippen LogP contribution < -0.4 is 15.9 Å². The number of aromatic nitrogens is 1. The summed E-state index contributed by atoms with van der Waals surface area (Å²) in [5, 5.41) is -0.330. The van der Waals surface area contributed by atoms with Gasteiger partial charge in [0, 0.05) is 17.8 Å². The van der Waals surface area contributed by atoms with E-state index in [2.05, 4.69) is 4.74 Å². The minimum Gasteiger partial charge on any atom is -0.429 e. The lowest BCUT2D eigenvalue weighted by molar-refractivity contribution is -0.0516. The molecular formula is C15H14F4N2O2. The van der Waals surface area contributed by atoms with Crippen LogP contribution in [0.1, 0.15) is 31.5 Å². The van der Waals surface area contributed by atoms with Gasteiger partial charge in [-0.2, -0.15) is 13.2 Å². The zero-order valence-corrected chi connectivity index (χ0v) is 12.2. The summed E-state index contributed by atoms with van der Waals surface area (Å²) in [6.07, 6.45) is 1.92. The lowest BCUT2D eigenvalue weighted by atomic mass is 10.1. The second-order valence-electron chi connectivity index (χ2n) is 5.43. The van der Waals surface area contributed by atoms with E-state index in [0.717, 1.165) is 12.8 Å². The molecule has 2 aromatic rings. The highest BCUT2D eigenvalue weighted by atomic mass is 19.3. The molecule has 1 aliphatic rings. The number of pyridine rings is 1. The number of nitrogen functional groups attached to an aromatic ring is 1. The summed E-state index contributed by atoms with van der Waals surface area (Å²) in [4.78, 5) is 12.3. The zero-order valence-electron chi connectivity index (χ0n) is 12.2. The van der Waals surface area contributed by atoms with E-state index >= 15 is 0 Å². The summed E-state index contributed by atoms with van der Waals surface area (Å²) < 4.78 is 59.2. The highest BCUT2D eigenvalue weighted by Gasteiger charge is 2.32. The molecule has 8 heteroatoms. The fraction of sp³-hybridized carbons (Fsp3) is 0.400. The minimum absolute atomic E-state index is 0.0719. The normalized spacial score (nSPS) is 14.7. The Kier molecular flexibility index (Phi) is 3.69. The van der Waals surface area contributed by atoms with Crippen molar-refractivity contribution < 1.29 is 22.3 Å². The Labute approximate surface area is 128 Å². The maximum absolute atomic E-state index is 14.2. The maximum Gasteiger partial charge on any atom is 0.387 e. The van der Waals surface area contributed by atoms with Crippen molar-refractivity contribution in [2.45, 2.75) is 38.8 Å². The molecule has 23 heavy (non-hydrogen) atoms. The van der Waals surface area contributed by atoms with Crippen LogP contribution in [0.25, 0.3) is 10.9 Å². The molecule has 1 saturated carbocycles. The van der Waals surface area contributed by atoms with E-state index in [0.29, 0.717) is 12.1 Å². The first kappa shape index (κ1) is 15.6. The molecule has 0 amide bonds. The Hall–Kier alpha value is -2.25. The van der Waals surface area contributed by atoms with Crippen LogP contribution in [-0.4, -0.2) is 11.2 Å². The number of hydrogen-bond donors (Lipinski definition) is 1. The van der Waals surface area contributed by atoms with E-state index < -0.39 is 35.1 Å². The number of alkyl halides is 2. The van der Waals surface area contributed by atoms with Gasteiger partial charge >= 0.3 is 6.61 Å². The van der Waals surface area contributed by atoms with Gasteiger partial charge in [0.05, 0.1) is 11.1 Å². The lowest BCUT2D eigenvalue weighted by Crippen LogP contribution is -2.18. The van der Waals surface area contributed by atoms with Crippen LogP contribution in [-0.2, 0) is 6.42 Å². The van der Waals surface area contributed by atoms with Gasteiger partial charge in [0.25, 0.3) is 0 Å². The molecule has 1 aromatic heterocycles. The first-order chi connectivity index (χ1) is 10.9. The van der Waals surface area contributed by atoms with E-state index in [1.165, 1.54) is 6.07 Å². The topological polar surface area (TPSA) is 57.3 Å². The molecule has 0 saturated heterocycles. The number of nitrogens with two attached hydrogens (primary N) is 1. The van der Waals surface area contributed by atoms with E-state index in [1.54, 1.807) is 11.5 Å². The standard InChI is InChI=1S/C15H14F4N2O2/c1-2-6-5-8(22)9-12(20)10(16)11(17)14(23-15(18)19)13(9)21(6)7-3-4-7/h5,7,15H,2-4,20H2,1H3. The third-order valence-electron chi connectivity index (χ3n) is 3.93. The summed E-state index contributed by atoms with van der Waals surface area (Å²) in [6, 6.07) is 1.21. The highest BCUT2D eigenvalue weighted by Crippen LogP contribution is 2.43. The van der Waals surface area contributed by atoms with E-state index in [-0.39, 0.29) is 16.9 Å². The number of aryl methyl sites for hydroxylation is 1. The molecule has 4 nitrogen and oxygen atoms in total. The maximum atomic E-state index is 14.2. The minimum atomic E-state index is -3.36. The van der Waals surface area contributed by atoms with Crippen LogP contribution in [0.15, 0.2) is 10.9 Å². The predicted molar refractivity (Wildman–Crippen MR) is 76.8 cm³/mol. The summed E-state index contributed by atoms with van der Waals surface area (Å²) in [5.74, 6) is -4.14. The number of nitrogens with zero attached hydrogens (tertiary/aromatic N) is 1. The van der Waals surface area contributed by atoms with E-state index in [1.807, 2.05) is 0 Å². The zero-order chi connectivity index (χ0) is 16.9. The van der Waals surface area contributed by atoms with Gasteiger partial charge in [0.2, 0.25) is 5.82 Å². The lowest BCUT2D eigenvalue weighted by Gasteiger charge is -2.20. The van der Waals surface area contributed by atoms with Gasteiger partial charge in [0.1, 0.15) is 5.52 Å². The van der Waals surface area contributed by atoms with Crippen LogP contribution in [0.2, 0.25) is 0 Å². The fourth-order valence-electron chi connectivity index (χ4n) is 2.81. The third-order valence-corrected chi connectivity index (χ3v) is 3.93. The molecule has 0 radical (unpaired) electrons. The van der Waals surface area contributed by atoms with Crippen molar-refractivity contribution >= 4 is 16.6 Å². The molecule has 1 heterocycles. The number of ether oxygens (including phenoxy) is 1. The van der Waals surface area contributed by atoms with Gasteiger partial charge in [-0.3, -0.25) is 4.79 Å².